The molecule has 0 saturated carbocycles. The molecule has 3 aromatic rings. The van der Waals surface area contributed by atoms with Crippen LogP contribution in [0.5, 0.6) is 0 Å². The van der Waals surface area contributed by atoms with Gasteiger partial charge in [-0.2, -0.15) is 0 Å². The SMILES string of the molecule is CC.CN(C)c1ncc(Nc2ncnc3ccc(Cl)nc23)cn1. The average Bonchev–Trinajstić information content (AvgIpc) is 2.58. The Morgan fingerprint density at radius 2 is 1.70 bits per heavy atom. The fourth-order valence-electron chi connectivity index (χ4n) is 1.76. The summed E-state index contributed by atoms with van der Waals surface area (Å²) >= 11 is 5.92. The van der Waals surface area contributed by atoms with Gasteiger partial charge in [0.2, 0.25) is 5.95 Å². The van der Waals surface area contributed by atoms with Gasteiger partial charge in [0.25, 0.3) is 0 Å². The molecule has 0 atom stereocenters. The molecule has 1 N–H and O–H groups in total. The van der Waals surface area contributed by atoms with Crippen molar-refractivity contribution in [1.82, 2.24) is 24.9 Å². The van der Waals surface area contributed by atoms with Gasteiger partial charge in [-0.1, -0.05) is 25.4 Å². The van der Waals surface area contributed by atoms with E-state index >= 15 is 0 Å². The summed E-state index contributed by atoms with van der Waals surface area (Å²) in [6.07, 6.45) is 4.83. The van der Waals surface area contributed by atoms with E-state index in [2.05, 4.69) is 30.2 Å². The molecule has 7 nitrogen and oxygen atoms in total. The van der Waals surface area contributed by atoms with Gasteiger partial charge in [0.05, 0.1) is 23.6 Å². The van der Waals surface area contributed by atoms with Crippen molar-refractivity contribution in [3.8, 4) is 0 Å². The number of halogens is 1. The lowest BCUT2D eigenvalue weighted by molar-refractivity contribution is 0.999. The van der Waals surface area contributed by atoms with Gasteiger partial charge in [0, 0.05) is 14.1 Å². The van der Waals surface area contributed by atoms with E-state index in [1.54, 1.807) is 24.5 Å². The molecule has 3 rings (SSSR count). The van der Waals surface area contributed by atoms with E-state index in [1.165, 1.54) is 6.33 Å². The van der Waals surface area contributed by atoms with Gasteiger partial charge in [-0.05, 0) is 12.1 Å². The zero-order chi connectivity index (χ0) is 16.8. The van der Waals surface area contributed by atoms with Crippen molar-refractivity contribution in [2.45, 2.75) is 13.8 Å². The van der Waals surface area contributed by atoms with Crippen molar-refractivity contribution in [2.75, 3.05) is 24.3 Å². The fraction of sp³-hybridized carbons (Fsp3) is 0.267. The lowest BCUT2D eigenvalue weighted by Gasteiger charge is -2.11. The van der Waals surface area contributed by atoms with Gasteiger partial charge in [-0.15, -0.1) is 0 Å². The third kappa shape index (κ3) is 4.01. The average molecular weight is 332 g/mol. The second-order valence-corrected chi connectivity index (χ2v) is 4.90. The van der Waals surface area contributed by atoms with Crippen molar-refractivity contribution in [1.29, 1.82) is 0 Å². The van der Waals surface area contributed by atoms with E-state index < -0.39 is 0 Å². The normalized spacial score (nSPS) is 9.96. The summed E-state index contributed by atoms with van der Waals surface area (Å²) in [4.78, 5) is 22.9. The molecule has 0 spiro atoms. The molecule has 0 aromatic carbocycles. The summed E-state index contributed by atoms with van der Waals surface area (Å²) < 4.78 is 0. The number of fused-ring (bicyclic) bond motifs is 1. The van der Waals surface area contributed by atoms with Crippen LogP contribution in [0.4, 0.5) is 17.5 Å². The number of hydrogen-bond donors (Lipinski definition) is 1. The van der Waals surface area contributed by atoms with Crippen LogP contribution in [0.15, 0.2) is 30.9 Å². The maximum atomic E-state index is 5.92. The fourth-order valence-corrected chi connectivity index (χ4v) is 1.91. The molecule has 120 valence electrons. The maximum Gasteiger partial charge on any atom is 0.224 e. The highest BCUT2D eigenvalue weighted by molar-refractivity contribution is 6.29. The van der Waals surface area contributed by atoms with E-state index in [-0.39, 0.29) is 0 Å². The number of pyridine rings is 1. The molecule has 0 aliphatic carbocycles. The van der Waals surface area contributed by atoms with Crippen LogP contribution in [-0.4, -0.2) is 39.0 Å². The number of hydrogen-bond acceptors (Lipinski definition) is 7. The van der Waals surface area contributed by atoms with Crippen molar-refractivity contribution >= 4 is 40.1 Å². The second kappa shape index (κ2) is 7.64. The highest BCUT2D eigenvalue weighted by atomic mass is 35.5. The maximum absolute atomic E-state index is 5.92. The van der Waals surface area contributed by atoms with Crippen molar-refractivity contribution < 1.29 is 0 Å². The minimum Gasteiger partial charge on any atom is -0.347 e. The predicted octanol–water partition coefficient (Wildman–Crippen LogP) is 3.30. The Hall–Kier alpha value is -2.54. The third-order valence-corrected chi connectivity index (χ3v) is 2.96. The lowest BCUT2D eigenvalue weighted by Crippen LogP contribution is -2.12. The zero-order valence-corrected chi connectivity index (χ0v) is 14.2. The third-order valence-electron chi connectivity index (χ3n) is 2.75. The summed E-state index contributed by atoms with van der Waals surface area (Å²) in [5.74, 6) is 1.19. The summed E-state index contributed by atoms with van der Waals surface area (Å²) in [6.45, 7) is 4.00. The lowest BCUT2D eigenvalue weighted by atomic mass is 10.3. The molecule has 0 bridgehead atoms. The Morgan fingerprint density at radius 3 is 2.35 bits per heavy atom. The van der Waals surface area contributed by atoms with E-state index in [1.807, 2.05) is 32.8 Å². The number of aromatic nitrogens is 5. The summed E-state index contributed by atoms with van der Waals surface area (Å²) in [6, 6.07) is 3.48. The van der Waals surface area contributed by atoms with Crippen LogP contribution in [0.1, 0.15) is 13.8 Å². The Balaban J connectivity index is 0.000000924. The van der Waals surface area contributed by atoms with Gasteiger partial charge in [-0.25, -0.2) is 24.9 Å². The highest BCUT2D eigenvalue weighted by Gasteiger charge is 2.07. The molecular weight excluding hydrogens is 314 g/mol. The van der Waals surface area contributed by atoms with E-state index in [4.69, 9.17) is 11.6 Å². The molecular formula is C15H18ClN7. The quantitative estimate of drug-likeness (QED) is 0.737. The van der Waals surface area contributed by atoms with E-state index in [0.717, 1.165) is 0 Å². The van der Waals surface area contributed by atoms with Crippen LogP contribution < -0.4 is 10.2 Å². The Labute approximate surface area is 139 Å². The van der Waals surface area contributed by atoms with Crippen LogP contribution in [0.3, 0.4) is 0 Å². The summed E-state index contributed by atoms with van der Waals surface area (Å²) in [7, 11) is 3.76. The summed E-state index contributed by atoms with van der Waals surface area (Å²) in [5.41, 5.74) is 2.02. The van der Waals surface area contributed by atoms with E-state index in [9.17, 15) is 0 Å². The minimum absolute atomic E-state index is 0.388. The zero-order valence-electron chi connectivity index (χ0n) is 13.4. The molecule has 3 aromatic heterocycles. The molecule has 0 radical (unpaired) electrons. The minimum atomic E-state index is 0.388. The highest BCUT2D eigenvalue weighted by Crippen LogP contribution is 2.22. The number of nitrogens with zero attached hydrogens (tertiary/aromatic N) is 6. The van der Waals surface area contributed by atoms with Crippen LogP contribution in [0, 0.1) is 0 Å². The van der Waals surface area contributed by atoms with Crippen molar-refractivity contribution in [2.24, 2.45) is 0 Å². The predicted molar refractivity (Wildman–Crippen MR) is 93.3 cm³/mol. The van der Waals surface area contributed by atoms with Crippen molar-refractivity contribution in [3.05, 3.63) is 36.0 Å². The molecule has 0 unspecified atom stereocenters. The molecule has 0 fully saturated rings. The van der Waals surface area contributed by atoms with Crippen LogP contribution >= 0.6 is 11.6 Å². The first-order chi connectivity index (χ1) is 11.1. The van der Waals surface area contributed by atoms with Gasteiger partial charge >= 0.3 is 0 Å². The number of rotatable bonds is 3. The molecule has 23 heavy (non-hydrogen) atoms. The Bertz CT molecular complexity index is 774. The smallest absolute Gasteiger partial charge is 0.224 e. The Morgan fingerprint density at radius 1 is 1.00 bits per heavy atom. The first kappa shape index (κ1) is 16.8. The van der Waals surface area contributed by atoms with E-state index in [0.29, 0.717) is 33.6 Å². The molecule has 8 heteroatoms. The molecule has 0 aliphatic heterocycles. The molecule has 0 aliphatic rings. The summed E-state index contributed by atoms with van der Waals surface area (Å²) in [5, 5.41) is 3.51. The standard InChI is InChI=1S/C13H12ClN7.C2H6/c1-21(2)13-15-5-8(6-16-13)19-12-11-9(17-7-18-12)3-4-10(14)20-11;1-2/h3-7H,1-2H3,(H,17,18,19);1-2H3. The largest absolute Gasteiger partial charge is 0.347 e. The van der Waals surface area contributed by atoms with Gasteiger partial charge < -0.3 is 10.2 Å². The topological polar surface area (TPSA) is 79.7 Å². The first-order valence-corrected chi connectivity index (χ1v) is 7.55. The Kier molecular flexibility index (Phi) is 5.59. The number of nitrogens with one attached hydrogen (secondary N) is 1. The molecule has 0 saturated heterocycles. The van der Waals surface area contributed by atoms with Crippen LogP contribution in [0.25, 0.3) is 11.0 Å². The number of anilines is 3. The molecule has 3 heterocycles. The van der Waals surface area contributed by atoms with Gasteiger partial charge in [0.1, 0.15) is 17.0 Å². The van der Waals surface area contributed by atoms with Crippen LogP contribution in [-0.2, 0) is 0 Å². The monoisotopic (exact) mass is 331 g/mol. The van der Waals surface area contributed by atoms with Gasteiger partial charge in [-0.3, -0.25) is 0 Å². The molecule has 0 amide bonds. The van der Waals surface area contributed by atoms with Crippen molar-refractivity contribution in [3.63, 3.8) is 0 Å². The first-order valence-electron chi connectivity index (χ1n) is 7.17. The second-order valence-electron chi connectivity index (χ2n) is 4.52. The van der Waals surface area contributed by atoms with Crippen LogP contribution in [0.2, 0.25) is 5.15 Å². The van der Waals surface area contributed by atoms with Gasteiger partial charge in [0.15, 0.2) is 5.82 Å².